The van der Waals surface area contributed by atoms with Crippen LogP contribution in [-0.4, -0.2) is 43.4 Å². The number of carbonyl (C=O) groups excluding carboxylic acids is 1. The van der Waals surface area contributed by atoms with E-state index in [-0.39, 0.29) is 5.91 Å². The van der Waals surface area contributed by atoms with Crippen LogP contribution in [0.2, 0.25) is 0 Å². The first kappa shape index (κ1) is 16.6. The summed E-state index contributed by atoms with van der Waals surface area (Å²) in [5, 5.41) is 10.5. The molecular weight excluding hydrogens is 328 g/mol. The molecule has 3 N–H and O–H groups in total. The number of β-amino-alcohol motifs (C(OH)–C–C–N with tert-alkyl or cyclic N) is 1. The van der Waals surface area contributed by atoms with E-state index in [1.807, 2.05) is 30.3 Å². The van der Waals surface area contributed by atoms with Crippen molar-refractivity contribution in [1.82, 2.24) is 4.90 Å². The van der Waals surface area contributed by atoms with E-state index in [4.69, 9.17) is 4.55 Å². The van der Waals surface area contributed by atoms with Crippen molar-refractivity contribution in [1.29, 1.82) is 0 Å². The Bertz CT molecular complexity index is 743. The van der Waals surface area contributed by atoms with Crippen LogP contribution >= 0.6 is 0 Å². The van der Waals surface area contributed by atoms with Crippen molar-refractivity contribution in [2.24, 2.45) is 0 Å². The van der Waals surface area contributed by atoms with Crippen LogP contribution in [0.4, 0.5) is 5.69 Å². The maximum atomic E-state index is 12.4. The van der Waals surface area contributed by atoms with Crippen molar-refractivity contribution >= 4 is 22.9 Å². The van der Waals surface area contributed by atoms with Crippen LogP contribution < -0.4 is 4.72 Å². The van der Waals surface area contributed by atoms with Crippen LogP contribution in [-0.2, 0) is 17.7 Å². The number of aliphatic hydroxyl groups is 1. The molecule has 1 fully saturated rings. The Balaban J connectivity index is 1.59. The van der Waals surface area contributed by atoms with E-state index in [1.165, 1.54) is 0 Å². The summed E-state index contributed by atoms with van der Waals surface area (Å²) in [5.74, 6) is -0.163. The lowest BCUT2D eigenvalue weighted by Crippen LogP contribution is -2.64. The van der Waals surface area contributed by atoms with Crippen molar-refractivity contribution < 1.29 is 18.7 Å². The van der Waals surface area contributed by atoms with Gasteiger partial charge in [0, 0.05) is 17.7 Å². The highest BCUT2D eigenvalue weighted by atomic mass is 32.2. The van der Waals surface area contributed by atoms with Gasteiger partial charge in [-0.1, -0.05) is 30.3 Å². The second-order valence-electron chi connectivity index (χ2n) is 5.98. The number of rotatable bonds is 5. The van der Waals surface area contributed by atoms with Gasteiger partial charge in [-0.15, -0.1) is 0 Å². The number of hydrogen-bond donors (Lipinski definition) is 3. The van der Waals surface area contributed by atoms with E-state index in [9.17, 15) is 14.1 Å². The lowest BCUT2D eigenvalue weighted by molar-refractivity contribution is -0.0799. The van der Waals surface area contributed by atoms with Gasteiger partial charge in [0.15, 0.2) is 0 Å². The number of likely N-dealkylation sites (tertiary alicyclic amines) is 1. The van der Waals surface area contributed by atoms with Gasteiger partial charge < -0.3 is 10.0 Å². The predicted molar refractivity (Wildman–Crippen MR) is 91.8 cm³/mol. The van der Waals surface area contributed by atoms with Crippen molar-refractivity contribution in [3.05, 3.63) is 65.7 Å². The largest absolute Gasteiger partial charge is 0.386 e. The highest BCUT2D eigenvalue weighted by Crippen LogP contribution is 2.27. The molecule has 0 radical (unpaired) electrons. The summed E-state index contributed by atoms with van der Waals surface area (Å²) >= 11 is -2.14. The quantitative estimate of drug-likeness (QED) is 0.719. The average molecular weight is 346 g/mol. The first-order valence-corrected chi connectivity index (χ1v) is 8.59. The Morgan fingerprint density at radius 1 is 1.12 bits per heavy atom. The monoisotopic (exact) mass is 346 g/mol. The molecular formula is C17H18N2O4S. The summed E-state index contributed by atoms with van der Waals surface area (Å²) in [7, 11) is 0. The van der Waals surface area contributed by atoms with Gasteiger partial charge in [-0.05, 0) is 29.8 Å². The third-order valence-electron chi connectivity index (χ3n) is 3.97. The molecule has 0 aliphatic carbocycles. The fourth-order valence-corrected chi connectivity index (χ4v) is 3.20. The van der Waals surface area contributed by atoms with Crippen LogP contribution in [0.25, 0.3) is 0 Å². The van der Waals surface area contributed by atoms with Crippen LogP contribution in [0.15, 0.2) is 54.6 Å². The maximum absolute atomic E-state index is 12.4. The van der Waals surface area contributed by atoms with Gasteiger partial charge in [0.2, 0.25) is 0 Å². The van der Waals surface area contributed by atoms with Crippen LogP contribution in [0, 0.1) is 0 Å². The summed E-state index contributed by atoms with van der Waals surface area (Å²) in [6, 6.07) is 16.0. The molecule has 0 spiro atoms. The molecule has 7 heteroatoms. The third-order valence-corrected chi connectivity index (χ3v) is 4.38. The number of carbonyl (C=O) groups is 1. The molecule has 0 aromatic heterocycles. The van der Waals surface area contributed by atoms with Crippen molar-refractivity contribution in [3.63, 3.8) is 0 Å². The topological polar surface area (TPSA) is 89.9 Å². The molecule has 1 atom stereocenters. The Kier molecular flexibility index (Phi) is 4.66. The minimum Gasteiger partial charge on any atom is -0.386 e. The summed E-state index contributed by atoms with van der Waals surface area (Å²) in [5.41, 5.74) is 1.09. The molecule has 2 aromatic rings. The number of hydrogen-bond acceptors (Lipinski definition) is 3. The summed E-state index contributed by atoms with van der Waals surface area (Å²) in [4.78, 5) is 14.0. The first-order valence-electron chi connectivity index (χ1n) is 7.48. The van der Waals surface area contributed by atoms with Crippen LogP contribution in [0.3, 0.4) is 0 Å². The average Bonchev–Trinajstić information content (AvgIpc) is 2.53. The molecule has 1 heterocycles. The molecule has 24 heavy (non-hydrogen) atoms. The standard InChI is InChI=1S/C17H18N2O4S/c20-16(14-6-8-15(9-7-14)18-24(22)23)19-11-17(21,12-19)10-13-4-2-1-3-5-13/h1-9,18,21H,10-12H2,(H,22,23). The van der Waals surface area contributed by atoms with E-state index in [0.717, 1.165) is 5.56 Å². The van der Waals surface area contributed by atoms with Gasteiger partial charge in [-0.3, -0.25) is 14.1 Å². The van der Waals surface area contributed by atoms with E-state index >= 15 is 0 Å². The summed E-state index contributed by atoms with van der Waals surface area (Å²) in [6.45, 7) is 0.586. The molecule has 1 unspecified atom stereocenters. The minimum absolute atomic E-state index is 0.163. The molecule has 6 nitrogen and oxygen atoms in total. The molecule has 1 amide bonds. The fourth-order valence-electron chi connectivity index (χ4n) is 2.86. The van der Waals surface area contributed by atoms with Gasteiger partial charge in [0.25, 0.3) is 17.2 Å². The lowest BCUT2D eigenvalue weighted by Gasteiger charge is -2.46. The highest BCUT2D eigenvalue weighted by Gasteiger charge is 2.43. The lowest BCUT2D eigenvalue weighted by atomic mass is 9.86. The van der Waals surface area contributed by atoms with Gasteiger partial charge in [-0.2, -0.15) is 0 Å². The Morgan fingerprint density at radius 3 is 2.33 bits per heavy atom. The highest BCUT2D eigenvalue weighted by molar-refractivity contribution is 7.80. The smallest absolute Gasteiger partial charge is 0.259 e. The number of benzene rings is 2. The molecule has 1 saturated heterocycles. The first-order chi connectivity index (χ1) is 11.5. The minimum atomic E-state index is -2.14. The van der Waals surface area contributed by atoms with Gasteiger partial charge >= 0.3 is 0 Å². The van der Waals surface area contributed by atoms with Crippen molar-refractivity contribution in [2.75, 3.05) is 17.8 Å². The molecule has 2 aromatic carbocycles. The van der Waals surface area contributed by atoms with Crippen LogP contribution in [0.5, 0.6) is 0 Å². The third kappa shape index (κ3) is 3.81. The second-order valence-corrected chi connectivity index (χ2v) is 6.68. The van der Waals surface area contributed by atoms with E-state index in [1.54, 1.807) is 29.2 Å². The number of nitrogens with one attached hydrogen (secondary N) is 1. The Labute approximate surface area is 142 Å². The fraction of sp³-hybridized carbons (Fsp3) is 0.235. The number of amides is 1. The summed E-state index contributed by atoms with van der Waals surface area (Å²) < 4.78 is 21.8. The molecule has 0 bridgehead atoms. The van der Waals surface area contributed by atoms with Crippen molar-refractivity contribution in [2.45, 2.75) is 12.0 Å². The zero-order valence-electron chi connectivity index (χ0n) is 12.9. The molecule has 1 aliphatic rings. The maximum Gasteiger partial charge on any atom is 0.259 e. The normalized spacial score (nSPS) is 17.0. The zero-order chi connectivity index (χ0) is 17.2. The van der Waals surface area contributed by atoms with E-state index < -0.39 is 16.9 Å². The van der Waals surface area contributed by atoms with Gasteiger partial charge in [-0.25, -0.2) is 4.21 Å². The summed E-state index contributed by atoms with van der Waals surface area (Å²) in [6.07, 6.45) is 0.517. The van der Waals surface area contributed by atoms with Crippen molar-refractivity contribution in [3.8, 4) is 0 Å². The Morgan fingerprint density at radius 2 is 1.75 bits per heavy atom. The predicted octanol–water partition coefficient (Wildman–Crippen LogP) is 1.66. The molecule has 1 aliphatic heterocycles. The van der Waals surface area contributed by atoms with Crippen LogP contribution in [0.1, 0.15) is 15.9 Å². The SMILES string of the molecule is O=C(c1ccc(NS(=O)O)cc1)N1CC(O)(Cc2ccccc2)C1. The zero-order valence-corrected chi connectivity index (χ0v) is 13.7. The molecule has 3 rings (SSSR count). The molecule has 0 saturated carbocycles. The van der Waals surface area contributed by atoms with Gasteiger partial charge in [0.05, 0.1) is 13.1 Å². The second kappa shape index (κ2) is 6.72. The Hall–Kier alpha value is -2.22. The number of nitrogens with zero attached hydrogens (tertiary/aromatic N) is 1. The van der Waals surface area contributed by atoms with E-state index in [0.29, 0.717) is 30.8 Å². The number of anilines is 1. The van der Waals surface area contributed by atoms with Gasteiger partial charge in [0.1, 0.15) is 5.60 Å². The van der Waals surface area contributed by atoms with E-state index in [2.05, 4.69) is 4.72 Å². The molecule has 126 valence electrons.